The first kappa shape index (κ1) is 7.36. The van der Waals surface area contributed by atoms with Crippen molar-refractivity contribution in [2.75, 3.05) is 0 Å². The van der Waals surface area contributed by atoms with E-state index in [-0.39, 0.29) is 10.6 Å². The molecular formula is C8H6O3S. The van der Waals surface area contributed by atoms with Gasteiger partial charge in [0.05, 0.1) is 4.90 Å². The Morgan fingerprint density at radius 1 is 1.25 bits per heavy atom. The summed E-state index contributed by atoms with van der Waals surface area (Å²) >= 11 is 0. The number of fused-ring (bicyclic) bond motifs is 1. The van der Waals surface area contributed by atoms with Gasteiger partial charge in [0.2, 0.25) is 0 Å². The van der Waals surface area contributed by atoms with Crippen molar-refractivity contribution in [2.24, 2.45) is 0 Å². The van der Waals surface area contributed by atoms with Crippen LogP contribution in [0.5, 0.6) is 5.75 Å². The molecule has 62 valence electrons. The molecule has 0 aromatic heterocycles. The highest BCUT2D eigenvalue weighted by Crippen LogP contribution is 2.29. The zero-order valence-electron chi connectivity index (χ0n) is 6.06. The number of benzene rings is 1. The smallest absolute Gasteiger partial charge is 0.200 e. The topological polar surface area (TPSA) is 54.4 Å². The Bertz CT molecular complexity index is 457. The molecule has 0 fully saturated rings. The lowest BCUT2D eigenvalue weighted by Gasteiger charge is -1.97. The molecule has 0 unspecified atom stereocenters. The molecule has 1 aliphatic rings. The van der Waals surface area contributed by atoms with Crippen LogP contribution in [0.1, 0.15) is 5.56 Å². The average molecular weight is 182 g/mol. The second-order valence-electron chi connectivity index (χ2n) is 2.57. The standard InChI is InChI=1S/C8H6O3S/c9-7-1-2-8-6(5-7)3-4-12(8,10)11/h1-5,9H. The molecule has 0 saturated carbocycles. The van der Waals surface area contributed by atoms with Crippen LogP contribution in [0.15, 0.2) is 28.5 Å². The van der Waals surface area contributed by atoms with E-state index in [2.05, 4.69) is 0 Å². The summed E-state index contributed by atoms with van der Waals surface area (Å²) in [5.74, 6) is 0.0792. The quantitative estimate of drug-likeness (QED) is 0.654. The first-order chi connectivity index (χ1) is 5.59. The molecule has 1 aromatic rings. The van der Waals surface area contributed by atoms with Gasteiger partial charge in [0.25, 0.3) is 0 Å². The Balaban J connectivity index is 2.78. The lowest BCUT2D eigenvalue weighted by atomic mass is 10.2. The van der Waals surface area contributed by atoms with Crippen molar-refractivity contribution in [3.05, 3.63) is 29.2 Å². The fourth-order valence-electron chi connectivity index (χ4n) is 1.16. The van der Waals surface area contributed by atoms with Crippen molar-refractivity contribution in [1.29, 1.82) is 0 Å². The normalized spacial score (nSPS) is 17.7. The highest BCUT2D eigenvalue weighted by molar-refractivity contribution is 7.94. The fraction of sp³-hybridized carbons (Fsp3) is 0. The lowest BCUT2D eigenvalue weighted by molar-refractivity contribution is 0.474. The minimum absolute atomic E-state index is 0.0792. The van der Waals surface area contributed by atoms with Gasteiger partial charge in [-0.2, -0.15) is 0 Å². The Hall–Kier alpha value is -1.29. The molecule has 0 spiro atoms. The molecule has 4 heteroatoms. The van der Waals surface area contributed by atoms with Crippen LogP contribution in [-0.2, 0) is 9.84 Å². The van der Waals surface area contributed by atoms with Gasteiger partial charge in [0.15, 0.2) is 9.84 Å². The third-order valence-electron chi connectivity index (χ3n) is 1.73. The number of phenolic OH excluding ortho intramolecular Hbond substituents is 1. The minimum atomic E-state index is -3.21. The fourth-order valence-corrected chi connectivity index (χ4v) is 2.35. The molecule has 3 nitrogen and oxygen atoms in total. The van der Waals surface area contributed by atoms with Crippen molar-refractivity contribution in [2.45, 2.75) is 4.90 Å². The van der Waals surface area contributed by atoms with E-state index >= 15 is 0 Å². The summed E-state index contributed by atoms with van der Waals surface area (Å²) in [6.45, 7) is 0. The molecule has 0 saturated heterocycles. The SMILES string of the molecule is O=S1(=O)C=Cc2cc(O)ccc21. The van der Waals surface area contributed by atoms with Gasteiger partial charge in [0, 0.05) is 5.41 Å². The Kier molecular flexibility index (Phi) is 1.29. The summed E-state index contributed by atoms with van der Waals surface area (Å²) in [6, 6.07) is 4.19. The summed E-state index contributed by atoms with van der Waals surface area (Å²) in [5.41, 5.74) is 0.551. The Morgan fingerprint density at radius 2 is 2.00 bits per heavy atom. The number of rotatable bonds is 0. The van der Waals surface area contributed by atoms with E-state index in [0.717, 1.165) is 5.41 Å². The van der Waals surface area contributed by atoms with Gasteiger partial charge < -0.3 is 5.11 Å². The van der Waals surface area contributed by atoms with E-state index in [1.165, 1.54) is 24.3 Å². The maximum absolute atomic E-state index is 11.2. The van der Waals surface area contributed by atoms with Crippen LogP contribution in [0.4, 0.5) is 0 Å². The van der Waals surface area contributed by atoms with Crippen molar-refractivity contribution in [3.63, 3.8) is 0 Å². The van der Waals surface area contributed by atoms with Gasteiger partial charge >= 0.3 is 0 Å². The van der Waals surface area contributed by atoms with Crippen LogP contribution in [0.2, 0.25) is 0 Å². The molecule has 1 aliphatic heterocycles. The number of hydrogen-bond donors (Lipinski definition) is 1. The second kappa shape index (κ2) is 2.10. The molecule has 2 rings (SSSR count). The van der Waals surface area contributed by atoms with Crippen LogP contribution in [0.25, 0.3) is 6.08 Å². The molecule has 0 amide bonds. The van der Waals surface area contributed by atoms with E-state index < -0.39 is 9.84 Å². The maximum Gasteiger partial charge on any atom is 0.200 e. The van der Waals surface area contributed by atoms with Gasteiger partial charge in [-0.25, -0.2) is 8.42 Å². The summed E-state index contributed by atoms with van der Waals surface area (Å²) in [4.78, 5) is 0.264. The summed E-state index contributed by atoms with van der Waals surface area (Å²) in [5, 5.41) is 10.2. The van der Waals surface area contributed by atoms with Gasteiger partial charge in [-0.15, -0.1) is 0 Å². The van der Waals surface area contributed by atoms with Gasteiger partial charge in [-0.05, 0) is 29.8 Å². The predicted molar refractivity (Wildman–Crippen MR) is 44.3 cm³/mol. The zero-order chi connectivity index (χ0) is 8.77. The highest BCUT2D eigenvalue weighted by atomic mass is 32.2. The van der Waals surface area contributed by atoms with E-state index in [1.54, 1.807) is 0 Å². The van der Waals surface area contributed by atoms with Crippen LogP contribution in [0, 0.1) is 0 Å². The molecule has 0 atom stereocenters. The zero-order valence-corrected chi connectivity index (χ0v) is 6.88. The summed E-state index contributed by atoms with van der Waals surface area (Å²) in [7, 11) is -3.21. The maximum atomic E-state index is 11.2. The number of sulfone groups is 1. The predicted octanol–water partition coefficient (Wildman–Crippen LogP) is 1.15. The van der Waals surface area contributed by atoms with Crippen molar-refractivity contribution >= 4 is 15.9 Å². The molecular weight excluding hydrogens is 176 g/mol. The first-order valence-electron chi connectivity index (χ1n) is 3.36. The molecule has 12 heavy (non-hydrogen) atoms. The molecule has 0 radical (unpaired) electrons. The third-order valence-corrected chi connectivity index (χ3v) is 3.21. The second-order valence-corrected chi connectivity index (χ2v) is 4.37. The molecule has 0 bridgehead atoms. The number of phenols is 1. The lowest BCUT2D eigenvalue weighted by Crippen LogP contribution is -1.92. The first-order valence-corrected chi connectivity index (χ1v) is 4.90. The summed E-state index contributed by atoms with van der Waals surface area (Å²) in [6.07, 6.45) is 1.48. The van der Waals surface area contributed by atoms with Gasteiger partial charge in [-0.3, -0.25) is 0 Å². The van der Waals surface area contributed by atoms with Crippen LogP contribution < -0.4 is 0 Å². The van der Waals surface area contributed by atoms with E-state index in [9.17, 15) is 8.42 Å². The van der Waals surface area contributed by atoms with Crippen LogP contribution in [-0.4, -0.2) is 13.5 Å². The number of aromatic hydroxyl groups is 1. The molecule has 1 N–H and O–H groups in total. The number of hydrogen-bond acceptors (Lipinski definition) is 3. The Morgan fingerprint density at radius 3 is 2.75 bits per heavy atom. The van der Waals surface area contributed by atoms with Gasteiger partial charge in [0.1, 0.15) is 5.75 Å². The van der Waals surface area contributed by atoms with Crippen LogP contribution >= 0.6 is 0 Å². The third kappa shape index (κ3) is 0.921. The average Bonchev–Trinajstić information content (AvgIpc) is 2.27. The van der Waals surface area contributed by atoms with E-state index in [1.807, 2.05) is 0 Å². The van der Waals surface area contributed by atoms with Crippen molar-refractivity contribution in [1.82, 2.24) is 0 Å². The monoisotopic (exact) mass is 182 g/mol. The van der Waals surface area contributed by atoms with Crippen LogP contribution in [0.3, 0.4) is 0 Å². The van der Waals surface area contributed by atoms with E-state index in [0.29, 0.717) is 5.56 Å². The Labute approximate surface area is 69.9 Å². The largest absolute Gasteiger partial charge is 0.508 e. The van der Waals surface area contributed by atoms with Crippen molar-refractivity contribution in [3.8, 4) is 5.75 Å². The minimum Gasteiger partial charge on any atom is -0.508 e. The van der Waals surface area contributed by atoms with Gasteiger partial charge in [-0.1, -0.05) is 0 Å². The van der Waals surface area contributed by atoms with Crippen molar-refractivity contribution < 1.29 is 13.5 Å². The summed E-state index contributed by atoms with van der Waals surface area (Å²) < 4.78 is 22.4. The molecule has 0 aliphatic carbocycles. The highest BCUT2D eigenvalue weighted by Gasteiger charge is 2.19. The van der Waals surface area contributed by atoms with E-state index in [4.69, 9.17) is 5.11 Å². The molecule has 1 heterocycles. The molecule has 1 aromatic carbocycles.